The molecule has 7 heteroatoms. The summed E-state index contributed by atoms with van der Waals surface area (Å²) >= 11 is 0. The number of ether oxygens (including phenoxy) is 1. The van der Waals surface area contributed by atoms with Gasteiger partial charge in [0.25, 0.3) is 5.91 Å². The van der Waals surface area contributed by atoms with Crippen LogP contribution in [0.1, 0.15) is 21.5 Å². The molecule has 3 rings (SSSR count). The van der Waals surface area contributed by atoms with Gasteiger partial charge in [-0.05, 0) is 54.4 Å². The van der Waals surface area contributed by atoms with Crippen molar-refractivity contribution in [3.8, 4) is 5.75 Å². The van der Waals surface area contributed by atoms with Crippen LogP contribution < -0.4 is 10.1 Å². The van der Waals surface area contributed by atoms with Crippen LogP contribution in [0.15, 0.2) is 77.7 Å². The van der Waals surface area contributed by atoms with Gasteiger partial charge in [-0.25, -0.2) is 12.7 Å². The van der Waals surface area contributed by atoms with E-state index in [4.69, 9.17) is 4.74 Å². The number of benzene rings is 3. The minimum Gasteiger partial charge on any atom is -0.489 e. The monoisotopic (exact) mass is 424 g/mol. The highest BCUT2D eigenvalue weighted by Gasteiger charge is 2.20. The van der Waals surface area contributed by atoms with E-state index in [9.17, 15) is 13.2 Å². The van der Waals surface area contributed by atoms with Crippen LogP contribution in [0.3, 0.4) is 0 Å². The zero-order valence-electron chi connectivity index (χ0n) is 17.1. The molecule has 3 aromatic rings. The minimum absolute atomic E-state index is 0.162. The highest BCUT2D eigenvalue weighted by Crippen LogP contribution is 2.23. The van der Waals surface area contributed by atoms with E-state index in [1.807, 2.05) is 30.3 Å². The van der Waals surface area contributed by atoms with Gasteiger partial charge in [0.1, 0.15) is 12.4 Å². The summed E-state index contributed by atoms with van der Waals surface area (Å²) in [5.41, 5.74) is 2.53. The first-order chi connectivity index (χ1) is 14.3. The molecule has 3 aromatic carbocycles. The topological polar surface area (TPSA) is 75.7 Å². The maximum atomic E-state index is 12.6. The van der Waals surface area contributed by atoms with Crippen molar-refractivity contribution < 1.29 is 17.9 Å². The van der Waals surface area contributed by atoms with Crippen LogP contribution in [0.2, 0.25) is 0 Å². The Balaban J connectivity index is 1.69. The number of sulfonamides is 1. The Morgan fingerprint density at radius 2 is 1.63 bits per heavy atom. The summed E-state index contributed by atoms with van der Waals surface area (Å²) in [7, 11) is -0.653. The lowest BCUT2D eigenvalue weighted by Crippen LogP contribution is -2.23. The van der Waals surface area contributed by atoms with E-state index in [0.29, 0.717) is 29.2 Å². The number of aryl methyl sites for hydroxylation is 1. The molecule has 6 nitrogen and oxygen atoms in total. The molecule has 0 aromatic heterocycles. The minimum atomic E-state index is -3.60. The van der Waals surface area contributed by atoms with Crippen LogP contribution in [0.5, 0.6) is 5.75 Å². The van der Waals surface area contributed by atoms with Gasteiger partial charge in [-0.1, -0.05) is 36.4 Å². The number of carbonyl (C=O) groups is 1. The first-order valence-electron chi connectivity index (χ1n) is 9.39. The summed E-state index contributed by atoms with van der Waals surface area (Å²) in [5, 5.41) is 2.75. The molecule has 0 spiro atoms. The zero-order chi connectivity index (χ0) is 21.7. The summed E-state index contributed by atoms with van der Waals surface area (Å²) in [6.45, 7) is 2.16. The Labute approximate surface area is 177 Å². The summed E-state index contributed by atoms with van der Waals surface area (Å²) in [4.78, 5) is 12.7. The number of rotatable bonds is 7. The summed E-state index contributed by atoms with van der Waals surface area (Å²) in [5.74, 6) is 0.326. The highest BCUT2D eigenvalue weighted by atomic mass is 32.2. The molecule has 0 aliphatic carbocycles. The predicted molar refractivity (Wildman–Crippen MR) is 117 cm³/mol. The number of carbonyl (C=O) groups excluding carboxylic acids is 1. The highest BCUT2D eigenvalue weighted by molar-refractivity contribution is 7.89. The Morgan fingerprint density at radius 1 is 0.967 bits per heavy atom. The Kier molecular flexibility index (Phi) is 6.54. The smallest absolute Gasteiger partial charge is 0.255 e. The second kappa shape index (κ2) is 9.11. The molecule has 0 fully saturated rings. The molecule has 0 aliphatic rings. The number of amides is 1. The Hall–Kier alpha value is -3.16. The SMILES string of the molecule is Cc1ccc(NC(=O)c2ccc(OCc3ccccc3)cc2)cc1S(=O)(=O)N(C)C. The molecule has 0 bridgehead atoms. The Morgan fingerprint density at radius 3 is 2.27 bits per heavy atom. The molecule has 0 atom stereocenters. The van der Waals surface area contributed by atoms with Crippen molar-refractivity contribution in [2.75, 3.05) is 19.4 Å². The van der Waals surface area contributed by atoms with Crippen LogP contribution in [0.25, 0.3) is 0 Å². The van der Waals surface area contributed by atoms with Crippen molar-refractivity contribution in [2.24, 2.45) is 0 Å². The molecule has 0 saturated carbocycles. The van der Waals surface area contributed by atoms with Gasteiger partial charge < -0.3 is 10.1 Å². The third-order valence-electron chi connectivity index (χ3n) is 4.57. The fourth-order valence-electron chi connectivity index (χ4n) is 2.80. The maximum absolute atomic E-state index is 12.6. The molecular weight excluding hydrogens is 400 g/mol. The van der Waals surface area contributed by atoms with Gasteiger partial charge >= 0.3 is 0 Å². The van der Waals surface area contributed by atoms with Crippen LogP contribution in [0, 0.1) is 6.92 Å². The quantitative estimate of drug-likeness (QED) is 0.620. The van der Waals surface area contributed by atoms with Crippen molar-refractivity contribution >= 4 is 21.6 Å². The van der Waals surface area contributed by atoms with Crippen molar-refractivity contribution in [3.05, 3.63) is 89.5 Å². The van der Waals surface area contributed by atoms with E-state index >= 15 is 0 Å². The van der Waals surface area contributed by atoms with E-state index in [2.05, 4.69) is 5.32 Å². The summed E-state index contributed by atoms with van der Waals surface area (Å²) in [6.07, 6.45) is 0. The molecule has 1 N–H and O–H groups in total. The third-order valence-corrected chi connectivity index (χ3v) is 6.53. The average Bonchev–Trinajstić information content (AvgIpc) is 2.74. The first-order valence-corrected chi connectivity index (χ1v) is 10.8. The summed E-state index contributed by atoms with van der Waals surface area (Å²) in [6, 6.07) is 21.4. The van der Waals surface area contributed by atoms with Crippen LogP contribution in [-0.4, -0.2) is 32.7 Å². The van der Waals surface area contributed by atoms with Gasteiger partial charge in [0.05, 0.1) is 4.90 Å². The van der Waals surface area contributed by atoms with Crippen molar-refractivity contribution in [1.82, 2.24) is 4.31 Å². The van der Waals surface area contributed by atoms with E-state index in [1.54, 1.807) is 43.3 Å². The molecular formula is C23H24N2O4S. The number of hydrogen-bond acceptors (Lipinski definition) is 4. The lowest BCUT2D eigenvalue weighted by Gasteiger charge is -2.15. The van der Waals surface area contributed by atoms with Gasteiger partial charge in [0.2, 0.25) is 10.0 Å². The normalized spacial score (nSPS) is 11.3. The Bertz CT molecular complexity index is 1130. The van der Waals surface area contributed by atoms with Gasteiger partial charge in [0.15, 0.2) is 0 Å². The van der Waals surface area contributed by atoms with E-state index in [-0.39, 0.29) is 10.8 Å². The van der Waals surface area contributed by atoms with Gasteiger partial charge in [-0.15, -0.1) is 0 Å². The first kappa shape index (κ1) is 21.5. The third kappa shape index (κ3) is 5.06. The number of hydrogen-bond donors (Lipinski definition) is 1. The predicted octanol–water partition coefficient (Wildman–Crippen LogP) is 4.08. The number of nitrogens with zero attached hydrogens (tertiary/aromatic N) is 1. The van der Waals surface area contributed by atoms with Gasteiger partial charge in [0, 0.05) is 25.3 Å². The maximum Gasteiger partial charge on any atom is 0.255 e. The number of anilines is 1. The molecule has 0 radical (unpaired) electrons. The lowest BCUT2D eigenvalue weighted by molar-refractivity contribution is 0.102. The molecule has 1 amide bonds. The van der Waals surface area contributed by atoms with E-state index in [0.717, 1.165) is 9.87 Å². The number of nitrogens with one attached hydrogen (secondary N) is 1. The molecule has 0 heterocycles. The van der Waals surface area contributed by atoms with Crippen molar-refractivity contribution in [2.45, 2.75) is 18.4 Å². The van der Waals surface area contributed by atoms with Gasteiger partial charge in [-0.2, -0.15) is 0 Å². The molecule has 156 valence electrons. The average molecular weight is 425 g/mol. The van der Waals surface area contributed by atoms with Crippen molar-refractivity contribution in [3.63, 3.8) is 0 Å². The fourth-order valence-corrected chi connectivity index (χ4v) is 3.94. The standard InChI is InChI=1S/C23H24N2O4S/c1-17-9-12-20(15-22(17)30(27,28)25(2)3)24-23(26)19-10-13-21(14-11-19)29-16-18-7-5-4-6-8-18/h4-15H,16H2,1-3H3,(H,24,26). The van der Waals surface area contributed by atoms with Crippen molar-refractivity contribution in [1.29, 1.82) is 0 Å². The lowest BCUT2D eigenvalue weighted by atomic mass is 10.2. The molecule has 0 aliphatic heterocycles. The molecule has 30 heavy (non-hydrogen) atoms. The molecule has 0 unspecified atom stereocenters. The van der Waals surface area contributed by atoms with E-state index < -0.39 is 10.0 Å². The fraction of sp³-hybridized carbons (Fsp3) is 0.174. The zero-order valence-corrected chi connectivity index (χ0v) is 17.9. The van der Waals surface area contributed by atoms with E-state index in [1.165, 1.54) is 20.2 Å². The largest absolute Gasteiger partial charge is 0.489 e. The van der Waals surface area contributed by atoms with Crippen LogP contribution in [-0.2, 0) is 16.6 Å². The molecule has 0 saturated heterocycles. The van der Waals surface area contributed by atoms with Crippen LogP contribution in [0.4, 0.5) is 5.69 Å². The van der Waals surface area contributed by atoms with Crippen LogP contribution >= 0.6 is 0 Å². The second-order valence-electron chi connectivity index (χ2n) is 7.02. The van der Waals surface area contributed by atoms with Gasteiger partial charge in [-0.3, -0.25) is 4.79 Å². The summed E-state index contributed by atoms with van der Waals surface area (Å²) < 4.78 is 31.8. The second-order valence-corrected chi connectivity index (χ2v) is 9.14.